The molecule has 1 aliphatic heterocycles. The number of hydrogen-bond acceptors (Lipinski definition) is 5. The van der Waals surface area contributed by atoms with Crippen molar-refractivity contribution in [3.8, 4) is 0 Å². The predicted octanol–water partition coefficient (Wildman–Crippen LogP) is 4.25. The van der Waals surface area contributed by atoms with Gasteiger partial charge in [-0.1, -0.05) is 18.3 Å². The lowest BCUT2D eigenvalue weighted by molar-refractivity contribution is 0.138. The molecule has 1 fully saturated rings. The van der Waals surface area contributed by atoms with Gasteiger partial charge < -0.3 is 5.32 Å². The Balaban J connectivity index is 1.68. The topological polar surface area (TPSA) is 33.1 Å². The monoisotopic (exact) mass is 338 g/mol. The third-order valence-electron chi connectivity index (χ3n) is 3.78. The fourth-order valence-corrected chi connectivity index (χ4v) is 3.72. The zero-order chi connectivity index (χ0) is 15.5. The van der Waals surface area contributed by atoms with E-state index in [0.717, 1.165) is 40.4 Å². The second-order valence-corrected chi connectivity index (χ2v) is 7.39. The molecule has 1 atom stereocenters. The molecule has 1 unspecified atom stereocenters. The van der Waals surface area contributed by atoms with E-state index in [4.69, 9.17) is 12.2 Å². The number of likely N-dealkylation sites (tertiary alicyclic amines) is 1. The van der Waals surface area contributed by atoms with Gasteiger partial charge in [0.05, 0.1) is 6.67 Å². The Labute approximate surface area is 138 Å². The van der Waals surface area contributed by atoms with E-state index in [0.29, 0.717) is 0 Å². The van der Waals surface area contributed by atoms with Crippen LogP contribution in [0.3, 0.4) is 0 Å². The third-order valence-corrected chi connectivity index (χ3v) is 5.00. The number of aromatic nitrogens is 2. The van der Waals surface area contributed by atoms with Gasteiger partial charge in [0.2, 0.25) is 5.13 Å². The summed E-state index contributed by atoms with van der Waals surface area (Å²) < 4.78 is 15.5. The van der Waals surface area contributed by atoms with Crippen molar-refractivity contribution in [1.29, 1.82) is 0 Å². The molecule has 1 aromatic carbocycles. The van der Waals surface area contributed by atoms with Crippen molar-refractivity contribution in [2.75, 3.05) is 18.4 Å². The van der Waals surface area contributed by atoms with Gasteiger partial charge in [-0.05, 0) is 61.8 Å². The molecule has 0 amide bonds. The van der Waals surface area contributed by atoms with Crippen LogP contribution in [0.2, 0.25) is 0 Å². The minimum atomic E-state index is -0.247. The summed E-state index contributed by atoms with van der Waals surface area (Å²) in [6.45, 7) is 5.23. The van der Waals surface area contributed by atoms with E-state index >= 15 is 0 Å². The molecule has 2 aromatic rings. The molecule has 1 saturated heterocycles. The van der Waals surface area contributed by atoms with Crippen LogP contribution in [0.4, 0.5) is 15.2 Å². The number of rotatable bonds is 4. The summed E-state index contributed by atoms with van der Waals surface area (Å²) in [7, 11) is 0. The summed E-state index contributed by atoms with van der Waals surface area (Å²) in [6.07, 6.45) is 2.54. The molecule has 0 saturated carbocycles. The SMILES string of the molecule is CC1CCCN(Cn2nc(Nc3ccc(F)cc3)sc2=S)C1. The van der Waals surface area contributed by atoms with Crippen LogP contribution >= 0.6 is 23.6 Å². The van der Waals surface area contributed by atoms with E-state index in [-0.39, 0.29) is 5.82 Å². The van der Waals surface area contributed by atoms with Gasteiger partial charge in [-0.2, -0.15) is 0 Å². The molecule has 22 heavy (non-hydrogen) atoms. The largest absolute Gasteiger partial charge is 0.330 e. The second-order valence-electron chi connectivity index (χ2n) is 5.77. The van der Waals surface area contributed by atoms with Gasteiger partial charge in [0.25, 0.3) is 0 Å². The van der Waals surface area contributed by atoms with Crippen LogP contribution < -0.4 is 5.32 Å². The Bertz CT molecular complexity index is 680. The minimum Gasteiger partial charge on any atom is -0.330 e. The number of halogens is 1. The normalized spacial score (nSPS) is 19.3. The van der Waals surface area contributed by atoms with Crippen molar-refractivity contribution >= 4 is 34.4 Å². The number of anilines is 2. The van der Waals surface area contributed by atoms with E-state index in [2.05, 4.69) is 22.2 Å². The first kappa shape index (κ1) is 15.6. The lowest BCUT2D eigenvalue weighted by atomic mass is 10.0. The van der Waals surface area contributed by atoms with E-state index in [1.807, 2.05) is 4.68 Å². The molecule has 1 aliphatic rings. The molecular formula is C15H19FN4S2. The molecule has 4 nitrogen and oxygen atoms in total. The first-order valence-electron chi connectivity index (χ1n) is 7.43. The maximum Gasteiger partial charge on any atom is 0.209 e. The predicted molar refractivity (Wildman–Crippen MR) is 90.6 cm³/mol. The zero-order valence-electron chi connectivity index (χ0n) is 12.5. The van der Waals surface area contributed by atoms with Crippen molar-refractivity contribution < 1.29 is 4.39 Å². The molecule has 118 valence electrons. The summed E-state index contributed by atoms with van der Waals surface area (Å²) in [4.78, 5) is 2.39. The maximum atomic E-state index is 12.9. The third kappa shape index (κ3) is 3.91. The van der Waals surface area contributed by atoms with Crippen LogP contribution in [0.1, 0.15) is 19.8 Å². The lowest BCUT2D eigenvalue weighted by Gasteiger charge is -2.30. The first-order valence-corrected chi connectivity index (χ1v) is 8.65. The van der Waals surface area contributed by atoms with Gasteiger partial charge >= 0.3 is 0 Å². The number of nitrogens with zero attached hydrogens (tertiary/aromatic N) is 3. The highest BCUT2D eigenvalue weighted by atomic mass is 32.1. The molecule has 3 rings (SSSR count). The summed E-state index contributed by atoms with van der Waals surface area (Å²) in [5.41, 5.74) is 0.809. The molecule has 7 heteroatoms. The minimum absolute atomic E-state index is 0.247. The van der Waals surface area contributed by atoms with E-state index in [1.54, 1.807) is 12.1 Å². The van der Waals surface area contributed by atoms with Gasteiger partial charge in [0.1, 0.15) is 5.82 Å². The highest BCUT2D eigenvalue weighted by Gasteiger charge is 2.17. The lowest BCUT2D eigenvalue weighted by Crippen LogP contribution is -2.36. The van der Waals surface area contributed by atoms with Gasteiger partial charge in [-0.15, -0.1) is 5.10 Å². The summed E-state index contributed by atoms with van der Waals surface area (Å²) >= 11 is 6.84. The van der Waals surface area contributed by atoms with E-state index < -0.39 is 0 Å². The van der Waals surface area contributed by atoms with Crippen molar-refractivity contribution in [1.82, 2.24) is 14.7 Å². The number of benzene rings is 1. The van der Waals surface area contributed by atoms with E-state index in [9.17, 15) is 4.39 Å². The fraction of sp³-hybridized carbons (Fsp3) is 0.467. The molecule has 1 aromatic heterocycles. The van der Waals surface area contributed by atoms with Crippen LogP contribution in [-0.2, 0) is 6.67 Å². The van der Waals surface area contributed by atoms with Crippen LogP contribution in [0.15, 0.2) is 24.3 Å². The van der Waals surface area contributed by atoms with Crippen molar-refractivity contribution in [2.24, 2.45) is 5.92 Å². The quantitative estimate of drug-likeness (QED) is 0.845. The van der Waals surface area contributed by atoms with Crippen LogP contribution in [0.5, 0.6) is 0 Å². The van der Waals surface area contributed by atoms with E-state index in [1.165, 1.54) is 36.3 Å². The molecule has 2 heterocycles. The molecular weight excluding hydrogens is 319 g/mol. The number of hydrogen-bond donors (Lipinski definition) is 1. The van der Waals surface area contributed by atoms with Crippen LogP contribution in [-0.4, -0.2) is 27.8 Å². The zero-order valence-corrected chi connectivity index (χ0v) is 14.1. The molecule has 0 spiro atoms. The van der Waals surface area contributed by atoms with Gasteiger partial charge in [0, 0.05) is 12.2 Å². The van der Waals surface area contributed by atoms with Crippen molar-refractivity contribution in [2.45, 2.75) is 26.4 Å². The average molecular weight is 338 g/mol. The van der Waals surface area contributed by atoms with Crippen LogP contribution in [0.25, 0.3) is 0 Å². The maximum absolute atomic E-state index is 12.9. The molecule has 0 radical (unpaired) electrons. The Morgan fingerprint density at radius 3 is 2.91 bits per heavy atom. The Morgan fingerprint density at radius 2 is 2.18 bits per heavy atom. The van der Waals surface area contributed by atoms with Gasteiger partial charge in [-0.3, -0.25) is 4.90 Å². The molecule has 0 bridgehead atoms. The Morgan fingerprint density at radius 1 is 1.41 bits per heavy atom. The van der Waals surface area contributed by atoms with Crippen molar-refractivity contribution in [3.05, 3.63) is 34.0 Å². The standard InChI is InChI=1S/C15H19FN4S2/c1-11-3-2-8-19(9-11)10-20-15(21)22-14(18-20)17-13-6-4-12(16)5-7-13/h4-7,11H,2-3,8-10H2,1H3,(H,17,18). The summed E-state index contributed by atoms with van der Waals surface area (Å²) in [6, 6.07) is 6.23. The Kier molecular flexibility index (Phi) is 4.85. The summed E-state index contributed by atoms with van der Waals surface area (Å²) in [5.74, 6) is 0.487. The van der Waals surface area contributed by atoms with Gasteiger partial charge in [-0.25, -0.2) is 9.07 Å². The molecule has 0 aliphatic carbocycles. The highest BCUT2D eigenvalue weighted by Crippen LogP contribution is 2.22. The fourth-order valence-electron chi connectivity index (χ4n) is 2.71. The smallest absolute Gasteiger partial charge is 0.209 e. The average Bonchev–Trinajstić information content (AvgIpc) is 2.81. The first-order chi connectivity index (χ1) is 10.6. The van der Waals surface area contributed by atoms with Crippen LogP contribution in [0, 0.1) is 15.7 Å². The Hall–Kier alpha value is -1.31. The molecule has 1 N–H and O–H groups in total. The highest BCUT2D eigenvalue weighted by molar-refractivity contribution is 7.73. The second kappa shape index (κ2) is 6.85. The number of nitrogens with one attached hydrogen (secondary N) is 1. The summed E-state index contributed by atoms with van der Waals surface area (Å²) in [5, 5.41) is 8.44. The number of piperidine rings is 1. The van der Waals surface area contributed by atoms with Crippen molar-refractivity contribution in [3.63, 3.8) is 0 Å². The van der Waals surface area contributed by atoms with Gasteiger partial charge in [0.15, 0.2) is 3.95 Å².